The zero-order valence-electron chi connectivity index (χ0n) is 20.5. The Morgan fingerprint density at radius 2 is 1.56 bits per heavy atom. The standard InChI is InChI=1S/C27H33N3O4/c1-6-34-17-7-16-30-25(32)23(19-8-12-21(13-9-19)28-18(2)31)24(26(30)33)29-22-14-10-20(11-15-22)27(3,4)5/h8-15,29H,6-7,16-17H2,1-5H3,(H,28,31). The summed E-state index contributed by atoms with van der Waals surface area (Å²) in [5.74, 6) is -0.884. The van der Waals surface area contributed by atoms with Crippen molar-refractivity contribution in [3.05, 3.63) is 65.4 Å². The lowest BCUT2D eigenvalue weighted by atomic mass is 9.87. The van der Waals surface area contributed by atoms with E-state index in [1.807, 2.05) is 31.2 Å². The lowest BCUT2D eigenvalue weighted by Gasteiger charge is -2.19. The van der Waals surface area contributed by atoms with Crippen LogP contribution >= 0.6 is 0 Å². The number of carbonyl (C=O) groups excluding carboxylic acids is 3. The van der Waals surface area contributed by atoms with Gasteiger partial charge in [0.15, 0.2) is 0 Å². The van der Waals surface area contributed by atoms with Crippen molar-refractivity contribution in [3.63, 3.8) is 0 Å². The van der Waals surface area contributed by atoms with Crippen molar-refractivity contribution >= 4 is 34.7 Å². The predicted octanol–water partition coefficient (Wildman–Crippen LogP) is 4.56. The molecule has 7 nitrogen and oxygen atoms in total. The van der Waals surface area contributed by atoms with Gasteiger partial charge in [-0.15, -0.1) is 0 Å². The fourth-order valence-electron chi connectivity index (χ4n) is 3.75. The highest BCUT2D eigenvalue weighted by Gasteiger charge is 2.38. The number of nitrogens with zero attached hydrogens (tertiary/aromatic N) is 1. The molecule has 2 N–H and O–H groups in total. The number of hydrogen-bond donors (Lipinski definition) is 2. The summed E-state index contributed by atoms with van der Waals surface area (Å²) in [6.45, 7) is 11.1. The monoisotopic (exact) mass is 463 g/mol. The molecule has 1 heterocycles. The van der Waals surface area contributed by atoms with E-state index >= 15 is 0 Å². The number of rotatable bonds is 9. The quantitative estimate of drug-likeness (QED) is 0.420. The summed E-state index contributed by atoms with van der Waals surface area (Å²) in [6.07, 6.45) is 0.563. The number of hydrogen-bond acceptors (Lipinski definition) is 5. The van der Waals surface area contributed by atoms with Crippen molar-refractivity contribution < 1.29 is 19.1 Å². The van der Waals surface area contributed by atoms with Crippen molar-refractivity contribution in [3.8, 4) is 0 Å². The third kappa shape index (κ3) is 5.91. The fraction of sp³-hybridized carbons (Fsp3) is 0.370. The highest BCUT2D eigenvalue weighted by Crippen LogP contribution is 2.32. The predicted molar refractivity (Wildman–Crippen MR) is 134 cm³/mol. The largest absolute Gasteiger partial charge is 0.382 e. The molecule has 0 unspecified atom stereocenters. The second-order valence-electron chi connectivity index (χ2n) is 9.27. The Labute approximate surface area is 201 Å². The highest BCUT2D eigenvalue weighted by atomic mass is 16.5. The first-order valence-corrected chi connectivity index (χ1v) is 11.6. The number of imide groups is 1. The summed E-state index contributed by atoms with van der Waals surface area (Å²) < 4.78 is 5.37. The van der Waals surface area contributed by atoms with Crippen LogP contribution in [0.4, 0.5) is 11.4 Å². The van der Waals surface area contributed by atoms with E-state index in [9.17, 15) is 14.4 Å². The minimum atomic E-state index is -0.359. The number of benzene rings is 2. The molecule has 1 aliphatic rings. The van der Waals surface area contributed by atoms with Gasteiger partial charge in [0, 0.05) is 38.1 Å². The third-order valence-corrected chi connectivity index (χ3v) is 5.56. The van der Waals surface area contributed by atoms with Gasteiger partial charge in [-0.1, -0.05) is 45.0 Å². The van der Waals surface area contributed by atoms with Crippen molar-refractivity contribution in [2.75, 3.05) is 30.4 Å². The normalized spacial score (nSPS) is 14.1. The Kier molecular flexibility index (Phi) is 7.89. The summed E-state index contributed by atoms with van der Waals surface area (Å²) in [4.78, 5) is 39.2. The molecular weight excluding hydrogens is 430 g/mol. The molecule has 1 aliphatic heterocycles. The molecule has 0 saturated heterocycles. The van der Waals surface area contributed by atoms with Crippen LogP contribution in [0.5, 0.6) is 0 Å². The molecule has 3 rings (SSSR count). The van der Waals surface area contributed by atoms with E-state index in [-0.39, 0.29) is 35.4 Å². The summed E-state index contributed by atoms with van der Waals surface area (Å²) in [5.41, 5.74) is 3.70. The third-order valence-electron chi connectivity index (χ3n) is 5.56. The molecular formula is C27H33N3O4. The van der Waals surface area contributed by atoms with E-state index in [4.69, 9.17) is 4.74 Å². The van der Waals surface area contributed by atoms with Crippen LogP contribution in [0, 0.1) is 0 Å². The highest BCUT2D eigenvalue weighted by molar-refractivity contribution is 6.36. The van der Waals surface area contributed by atoms with Crippen molar-refractivity contribution in [1.82, 2.24) is 4.90 Å². The van der Waals surface area contributed by atoms with Gasteiger partial charge in [0.2, 0.25) is 5.91 Å². The first-order chi connectivity index (χ1) is 16.1. The molecule has 3 amide bonds. The van der Waals surface area contributed by atoms with Gasteiger partial charge < -0.3 is 15.4 Å². The summed E-state index contributed by atoms with van der Waals surface area (Å²) in [5, 5.41) is 5.91. The molecule has 34 heavy (non-hydrogen) atoms. The second kappa shape index (κ2) is 10.7. The summed E-state index contributed by atoms with van der Waals surface area (Å²) in [7, 11) is 0. The Hall–Kier alpha value is -3.45. The van der Waals surface area contributed by atoms with Crippen molar-refractivity contribution in [2.45, 2.75) is 46.5 Å². The van der Waals surface area contributed by atoms with E-state index < -0.39 is 0 Å². The Balaban J connectivity index is 1.93. The van der Waals surface area contributed by atoms with Crippen LogP contribution < -0.4 is 10.6 Å². The van der Waals surface area contributed by atoms with Gasteiger partial charge in [0.25, 0.3) is 11.8 Å². The average molecular weight is 464 g/mol. The van der Waals surface area contributed by atoms with E-state index in [2.05, 4.69) is 31.4 Å². The maximum Gasteiger partial charge on any atom is 0.278 e. The Morgan fingerprint density at radius 1 is 0.941 bits per heavy atom. The number of anilines is 2. The number of ether oxygens (including phenoxy) is 1. The molecule has 0 aliphatic carbocycles. The average Bonchev–Trinajstić information content (AvgIpc) is 3.00. The van der Waals surface area contributed by atoms with Gasteiger partial charge in [-0.05, 0) is 54.2 Å². The van der Waals surface area contributed by atoms with Crippen molar-refractivity contribution in [2.24, 2.45) is 0 Å². The molecule has 0 saturated carbocycles. The lowest BCUT2D eigenvalue weighted by Crippen LogP contribution is -2.34. The second-order valence-corrected chi connectivity index (χ2v) is 9.27. The molecule has 0 radical (unpaired) electrons. The maximum atomic E-state index is 13.3. The Bertz CT molecular complexity index is 1080. The van der Waals surface area contributed by atoms with Gasteiger partial charge in [-0.25, -0.2) is 0 Å². The van der Waals surface area contributed by atoms with Gasteiger partial charge in [0.05, 0.1) is 5.57 Å². The number of nitrogens with one attached hydrogen (secondary N) is 2. The first kappa shape index (κ1) is 25.2. The van der Waals surface area contributed by atoms with Crippen LogP contribution in [-0.2, 0) is 24.5 Å². The van der Waals surface area contributed by atoms with Gasteiger partial charge in [-0.3, -0.25) is 19.3 Å². The van der Waals surface area contributed by atoms with E-state index in [0.717, 1.165) is 5.69 Å². The van der Waals surface area contributed by atoms with E-state index in [1.165, 1.54) is 17.4 Å². The van der Waals surface area contributed by atoms with Gasteiger partial charge >= 0.3 is 0 Å². The number of amides is 3. The molecule has 2 aromatic carbocycles. The number of carbonyl (C=O) groups is 3. The van der Waals surface area contributed by atoms with Crippen LogP contribution in [0.15, 0.2) is 54.2 Å². The topological polar surface area (TPSA) is 87.7 Å². The van der Waals surface area contributed by atoms with E-state index in [0.29, 0.717) is 36.5 Å². The van der Waals surface area contributed by atoms with Crippen LogP contribution in [0.3, 0.4) is 0 Å². The molecule has 0 aromatic heterocycles. The van der Waals surface area contributed by atoms with Gasteiger partial charge in [-0.2, -0.15) is 0 Å². The lowest BCUT2D eigenvalue weighted by molar-refractivity contribution is -0.137. The molecule has 180 valence electrons. The van der Waals surface area contributed by atoms with Crippen LogP contribution in [0.1, 0.15) is 52.2 Å². The van der Waals surface area contributed by atoms with Crippen molar-refractivity contribution in [1.29, 1.82) is 0 Å². The van der Waals surface area contributed by atoms with Gasteiger partial charge in [0.1, 0.15) is 5.70 Å². The van der Waals surface area contributed by atoms with Crippen LogP contribution in [0.2, 0.25) is 0 Å². The minimum Gasteiger partial charge on any atom is -0.382 e. The molecule has 0 fully saturated rings. The molecule has 0 bridgehead atoms. The smallest absolute Gasteiger partial charge is 0.278 e. The molecule has 2 aromatic rings. The SMILES string of the molecule is CCOCCCN1C(=O)C(Nc2ccc(C(C)(C)C)cc2)=C(c2ccc(NC(C)=O)cc2)C1=O. The Morgan fingerprint density at radius 3 is 2.12 bits per heavy atom. The summed E-state index contributed by atoms with van der Waals surface area (Å²) in [6, 6.07) is 14.8. The molecule has 7 heteroatoms. The van der Waals surface area contributed by atoms with Crippen LogP contribution in [-0.4, -0.2) is 42.4 Å². The molecule has 0 spiro atoms. The molecule has 0 atom stereocenters. The fourth-order valence-corrected chi connectivity index (χ4v) is 3.75. The summed E-state index contributed by atoms with van der Waals surface area (Å²) >= 11 is 0. The maximum absolute atomic E-state index is 13.3. The van der Waals surface area contributed by atoms with E-state index in [1.54, 1.807) is 24.3 Å². The first-order valence-electron chi connectivity index (χ1n) is 11.6. The van der Waals surface area contributed by atoms with Crippen LogP contribution in [0.25, 0.3) is 5.57 Å². The zero-order chi connectivity index (χ0) is 24.9. The zero-order valence-corrected chi connectivity index (χ0v) is 20.5. The minimum absolute atomic E-state index is 0.00904.